The third-order valence-corrected chi connectivity index (χ3v) is 7.06. The van der Waals surface area contributed by atoms with E-state index < -0.39 is 0 Å². The van der Waals surface area contributed by atoms with Gasteiger partial charge in [0.1, 0.15) is 0 Å². The van der Waals surface area contributed by atoms with Gasteiger partial charge in [0.15, 0.2) is 0 Å². The van der Waals surface area contributed by atoms with Crippen molar-refractivity contribution in [1.82, 2.24) is 5.32 Å². The Bertz CT molecular complexity index is 419. The molecule has 0 aromatic carbocycles. The van der Waals surface area contributed by atoms with Crippen LogP contribution in [0.15, 0.2) is 6.07 Å². The molecule has 2 heteroatoms. The summed E-state index contributed by atoms with van der Waals surface area (Å²) >= 11 is 2.07. The summed E-state index contributed by atoms with van der Waals surface area (Å²) in [5.41, 5.74) is 2.25. The first-order valence-corrected chi connectivity index (χ1v) is 9.39. The van der Waals surface area contributed by atoms with Gasteiger partial charge in [0.25, 0.3) is 0 Å². The predicted octanol–water partition coefficient (Wildman–Crippen LogP) is 5.25. The SMILES string of the molecule is CCC1(CNC(C)c2cc3c(s2)CCCC3)CCCC1. The van der Waals surface area contributed by atoms with Crippen LogP contribution in [0.2, 0.25) is 0 Å². The number of hydrogen-bond acceptors (Lipinski definition) is 2. The van der Waals surface area contributed by atoms with Crippen molar-refractivity contribution in [3.8, 4) is 0 Å². The van der Waals surface area contributed by atoms with Crippen LogP contribution < -0.4 is 5.32 Å². The van der Waals surface area contributed by atoms with Gasteiger partial charge in [0.05, 0.1) is 0 Å². The molecule has 1 atom stereocenters. The normalized spacial score (nSPS) is 22.7. The standard InChI is InChI=1S/C18H29NS/c1-3-18(10-6-7-11-18)13-19-14(2)17-12-15-8-4-5-9-16(15)20-17/h12,14,19H,3-11,13H2,1-2H3. The molecule has 1 saturated carbocycles. The average molecular weight is 292 g/mol. The van der Waals surface area contributed by atoms with Gasteiger partial charge in [-0.1, -0.05) is 19.8 Å². The molecule has 0 spiro atoms. The second-order valence-corrected chi connectivity index (χ2v) is 8.14. The molecule has 1 unspecified atom stereocenters. The highest BCUT2D eigenvalue weighted by atomic mass is 32.1. The molecule has 0 aliphatic heterocycles. The van der Waals surface area contributed by atoms with Crippen molar-refractivity contribution in [2.75, 3.05) is 6.54 Å². The summed E-state index contributed by atoms with van der Waals surface area (Å²) in [6, 6.07) is 3.03. The molecule has 3 rings (SSSR count). The highest BCUT2D eigenvalue weighted by Gasteiger charge is 2.32. The van der Waals surface area contributed by atoms with Crippen molar-refractivity contribution in [3.63, 3.8) is 0 Å². The Morgan fingerprint density at radius 1 is 1.20 bits per heavy atom. The molecule has 1 nitrogen and oxygen atoms in total. The highest BCUT2D eigenvalue weighted by molar-refractivity contribution is 7.12. The van der Waals surface area contributed by atoms with Crippen molar-refractivity contribution in [2.45, 2.75) is 77.7 Å². The number of aryl methyl sites for hydroxylation is 2. The van der Waals surface area contributed by atoms with E-state index in [1.54, 1.807) is 15.3 Å². The Morgan fingerprint density at radius 2 is 1.95 bits per heavy atom. The largest absolute Gasteiger partial charge is 0.309 e. The Morgan fingerprint density at radius 3 is 2.65 bits per heavy atom. The maximum absolute atomic E-state index is 3.85. The van der Waals surface area contributed by atoms with Crippen LogP contribution in [-0.2, 0) is 12.8 Å². The molecule has 0 bridgehead atoms. The van der Waals surface area contributed by atoms with E-state index in [0.717, 1.165) is 0 Å². The van der Waals surface area contributed by atoms with E-state index in [2.05, 4.69) is 36.6 Å². The number of rotatable bonds is 5. The Hall–Kier alpha value is -0.340. The number of fused-ring (bicyclic) bond motifs is 1. The van der Waals surface area contributed by atoms with Crippen LogP contribution in [0.1, 0.15) is 80.2 Å². The van der Waals surface area contributed by atoms with Crippen molar-refractivity contribution >= 4 is 11.3 Å². The minimum Gasteiger partial charge on any atom is -0.309 e. The molecule has 0 saturated heterocycles. The van der Waals surface area contributed by atoms with Crippen LogP contribution in [0.4, 0.5) is 0 Å². The molecule has 1 N–H and O–H groups in total. The summed E-state index contributed by atoms with van der Waals surface area (Å²) in [5.74, 6) is 0. The fourth-order valence-electron chi connectivity index (χ4n) is 3.98. The number of nitrogens with one attached hydrogen (secondary N) is 1. The van der Waals surface area contributed by atoms with Gasteiger partial charge in [-0.25, -0.2) is 0 Å². The molecule has 1 aromatic rings. The summed E-state index contributed by atoms with van der Waals surface area (Å²) in [4.78, 5) is 3.24. The molecular formula is C18H29NS. The van der Waals surface area contributed by atoms with Crippen LogP contribution in [-0.4, -0.2) is 6.54 Å². The van der Waals surface area contributed by atoms with Gasteiger partial charge in [-0.15, -0.1) is 11.3 Å². The molecule has 1 fully saturated rings. The van der Waals surface area contributed by atoms with E-state index >= 15 is 0 Å². The molecule has 0 amide bonds. The van der Waals surface area contributed by atoms with Gasteiger partial charge in [-0.05, 0) is 68.9 Å². The zero-order valence-corrected chi connectivity index (χ0v) is 14.0. The summed E-state index contributed by atoms with van der Waals surface area (Å²) in [7, 11) is 0. The Balaban J connectivity index is 1.61. The van der Waals surface area contributed by atoms with Crippen molar-refractivity contribution in [1.29, 1.82) is 0 Å². The van der Waals surface area contributed by atoms with Crippen LogP contribution in [0.25, 0.3) is 0 Å². The van der Waals surface area contributed by atoms with E-state index in [1.165, 1.54) is 64.3 Å². The first-order valence-electron chi connectivity index (χ1n) is 8.57. The quantitative estimate of drug-likeness (QED) is 0.781. The molecule has 112 valence electrons. The third-order valence-electron chi connectivity index (χ3n) is 5.64. The van der Waals surface area contributed by atoms with Gasteiger partial charge < -0.3 is 5.32 Å². The van der Waals surface area contributed by atoms with Crippen LogP contribution >= 0.6 is 11.3 Å². The predicted molar refractivity (Wildman–Crippen MR) is 88.6 cm³/mol. The van der Waals surface area contributed by atoms with Crippen molar-refractivity contribution < 1.29 is 0 Å². The minimum atomic E-state index is 0.537. The summed E-state index contributed by atoms with van der Waals surface area (Å²) in [6.07, 6.45) is 12.5. The van der Waals surface area contributed by atoms with Gasteiger partial charge in [0.2, 0.25) is 0 Å². The molecule has 0 radical (unpaired) electrons. The van der Waals surface area contributed by atoms with Gasteiger partial charge >= 0.3 is 0 Å². The molecule has 1 aromatic heterocycles. The Labute approximate surface area is 128 Å². The lowest BCUT2D eigenvalue weighted by Gasteiger charge is -2.29. The first-order chi connectivity index (χ1) is 9.72. The smallest absolute Gasteiger partial charge is 0.0386 e. The molecule has 2 aliphatic carbocycles. The van der Waals surface area contributed by atoms with Gasteiger partial charge in [0, 0.05) is 22.3 Å². The topological polar surface area (TPSA) is 12.0 Å². The van der Waals surface area contributed by atoms with Crippen LogP contribution in [0, 0.1) is 5.41 Å². The molecule has 1 heterocycles. The minimum absolute atomic E-state index is 0.537. The second-order valence-electron chi connectivity index (χ2n) is 6.97. The average Bonchev–Trinajstić information content (AvgIpc) is 3.12. The van der Waals surface area contributed by atoms with Gasteiger partial charge in [-0.3, -0.25) is 0 Å². The fourth-order valence-corrected chi connectivity index (χ4v) is 5.26. The first kappa shape index (κ1) is 14.6. The lowest BCUT2D eigenvalue weighted by Crippen LogP contribution is -2.33. The third kappa shape index (κ3) is 2.96. The van der Waals surface area contributed by atoms with E-state index in [4.69, 9.17) is 0 Å². The number of hydrogen-bond donors (Lipinski definition) is 1. The van der Waals surface area contributed by atoms with Gasteiger partial charge in [-0.2, -0.15) is 0 Å². The maximum Gasteiger partial charge on any atom is 0.0386 e. The van der Waals surface area contributed by atoms with Crippen molar-refractivity contribution in [3.05, 3.63) is 21.4 Å². The van der Waals surface area contributed by atoms with E-state index in [1.807, 2.05) is 0 Å². The molecular weight excluding hydrogens is 262 g/mol. The fraction of sp³-hybridized carbons (Fsp3) is 0.778. The Kier molecular flexibility index (Phi) is 4.52. The lowest BCUT2D eigenvalue weighted by molar-refractivity contribution is 0.259. The van der Waals surface area contributed by atoms with Crippen molar-refractivity contribution in [2.24, 2.45) is 5.41 Å². The van der Waals surface area contributed by atoms with Crippen LogP contribution in [0.3, 0.4) is 0 Å². The second kappa shape index (κ2) is 6.19. The maximum atomic E-state index is 3.85. The molecule has 20 heavy (non-hydrogen) atoms. The van der Waals surface area contributed by atoms with E-state index in [0.29, 0.717) is 11.5 Å². The molecule has 2 aliphatic rings. The monoisotopic (exact) mass is 291 g/mol. The zero-order chi connectivity index (χ0) is 14.0. The summed E-state index contributed by atoms with van der Waals surface area (Å²) in [6.45, 7) is 5.95. The van der Waals surface area contributed by atoms with E-state index in [-0.39, 0.29) is 0 Å². The summed E-state index contributed by atoms with van der Waals surface area (Å²) in [5, 5.41) is 3.85. The zero-order valence-electron chi connectivity index (χ0n) is 13.1. The van der Waals surface area contributed by atoms with Crippen LogP contribution in [0.5, 0.6) is 0 Å². The lowest BCUT2D eigenvalue weighted by atomic mass is 9.83. The highest BCUT2D eigenvalue weighted by Crippen LogP contribution is 2.41. The number of thiophene rings is 1. The summed E-state index contributed by atoms with van der Waals surface area (Å²) < 4.78 is 0. The van der Waals surface area contributed by atoms with E-state index in [9.17, 15) is 0 Å².